The van der Waals surface area contributed by atoms with Crippen molar-refractivity contribution in [1.29, 1.82) is 0 Å². The Morgan fingerprint density at radius 2 is 2.07 bits per heavy atom. The summed E-state index contributed by atoms with van der Waals surface area (Å²) in [6.45, 7) is 6.44. The van der Waals surface area contributed by atoms with Gasteiger partial charge in [0.15, 0.2) is 0 Å². The van der Waals surface area contributed by atoms with Crippen LogP contribution in [0, 0.1) is 16.7 Å². The number of hydrogen-bond acceptors (Lipinski definition) is 1. The zero-order valence-electron chi connectivity index (χ0n) is 9.85. The third kappa shape index (κ3) is 2.74. The van der Waals surface area contributed by atoms with Gasteiger partial charge in [-0.2, -0.15) is 0 Å². The lowest BCUT2D eigenvalue weighted by atomic mass is 9.82. The molecule has 1 rings (SSSR count). The third-order valence-electron chi connectivity index (χ3n) is 3.55. The van der Waals surface area contributed by atoms with E-state index in [1.807, 2.05) is 0 Å². The number of carbonyl (C=O) groups is 1. The molecule has 1 aliphatic carbocycles. The number of aliphatic carboxylic acids is 1. The average Bonchev–Trinajstić information content (AvgIpc) is 2.80. The van der Waals surface area contributed by atoms with Gasteiger partial charge < -0.3 is 5.11 Å². The first kappa shape index (κ1) is 13.0. The van der Waals surface area contributed by atoms with Crippen molar-refractivity contribution in [3.05, 3.63) is 0 Å². The summed E-state index contributed by atoms with van der Waals surface area (Å²) in [5.41, 5.74) is -0.271. The quantitative estimate of drug-likeness (QED) is 0.614. The minimum Gasteiger partial charge on any atom is -0.481 e. The van der Waals surface area contributed by atoms with Crippen molar-refractivity contribution in [3.63, 3.8) is 0 Å². The fraction of sp³-hybridized carbons (Fsp3) is 0.917. The Morgan fingerprint density at radius 3 is 2.40 bits per heavy atom. The van der Waals surface area contributed by atoms with Gasteiger partial charge in [-0.1, -0.05) is 43.1 Å². The van der Waals surface area contributed by atoms with Crippen molar-refractivity contribution in [2.24, 2.45) is 16.7 Å². The molecule has 0 aromatic carbocycles. The Labute approximate surface area is 101 Å². The number of unbranched alkanes of at least 4 members (excludes halogenated alkanes) is 1. The molecule has 0 bridgehead atoms. The van der Waals surface area contributed by atoms with Crippen molar-refractivity contribution in [3.8, 4) is 0 Å². The second-order valence-corrected chi connectivity index (χ2v) is 6.52. The SMILES string of the molecule is CC(C)(C)C1CC1(CCCCBr)C(=O)O. The van der Waals surface area contributed by atoms with Crippen molar-refractivity contribution >= 4 is 21.9 Å². The first-order valence-corrected chi connectivity index (χ1v) is 6.76. The highest BCUT2D eigenvalue weighted by Gasteiger charge is 2.63. The van der Waals surface area contributed by atoms with Crippen molar-refractivity contribution in [1.82, 2.24) is 0 Å². The lowest BCUT2D eigenvalue weighted by Crippen LogP contribution is -2.23. The molecule has 0 amide bonds. The van der Waals surface area contributed by atoms with E-state index in [0.29, 0.717) is 5.92 Å². The minimum absolute atomic E-state index is 0.132. The van der Waals surface area contributed by atoms with Gasteiger partial charge in [-0.05, 0) is 30.6 Å². The van der Waals surface area contributed by atoms with Crippen LogP contribution in [0.2, 0.25) is 0 Å². The summed E-state index contributed by atoms with van der Waals surface area (Å²) < 4.78 is 0. The van der Waals surface area contributed by atoms with Gasteiger partial charge in [-0.25, -0.2) is 0 Å². The van der Waals surface area contributed by atoms with Gasteiger partial charge in [-0.15, -0.1) is 0 Å². The summed E-state index contributed by atoms with van der Waals surface area (Å²) in [5, 5.41) is 10.3. The molecule has 0 spiro atoms. The van der Waals surface area contributed by atoms with E-state index in [9.17, 15) is 9.90 Å². The molecule has 88 valence electrons. The average molecular weight is 277 g/mol. The molecule has 2 nitrogen and oxygen atoms in total. The van der Waals surface area contributed by atoms with Crippen LogP contribution >= 0.6 is 15.9 Å². The molecule has 1 fully saturated rings. The molecule has 0 aromatic rings. The zero-order valence-corrected chi connectivity index (χ0v) is 11.4. The van der Waals surface area contributed by atoms with E-state index < -0.39 is 11.4 Å². The maximum absolute atomic E-state index is 11.3. The van der Waals surface area contributed by atoms with E-state index in [0.717, 1.165) is 31.0 Å². The summed E-state index contributed by atoms with van der Waals surface area (Å²) in [4.78, 5) is 11.3. The van der Waals surface area contributed by atoms with Gasteiger partial charge in [0.1, 0.15) is 0 Å². The first-order valence-electron chi connectivity index (χ1n) is 5.64. The van der Waals surface area contributed by atoms with Crippen LogP contribution in [-0.4, -0.2) is 16.4 Å². The van der Waals surface area contributed by atoms with Gasteiger partial charge in [0.2, 0.25) is 0 Å². The number of carboxylic acids is 1. The second-order valence-electron chi connectivity index (χ2n) is 5.73. The van der Waals surface area contributed by atoms with Crippen LogP contribution in [0.25, 0.3) is 0 Å². The molecule has 1 saturated carbocycles. The predicted octanol–water partition coefficient (Wildman–Crippen LogP) is 3.69. The standard InChI is InChI=1S/C12H21BrO2/c1-11(2,3)9-8-12(9,10(14)15)6-4-5-7-13/h9H,4-8H2,1-3H3,(H,14,15). The molecule has 15 heavy (non-hydrogen) atoms. The zero-order chi connectivity index (χ0) is 11.7. The van der Waals surface area contributed by atoms with Gasteiger partial charge >= 0.3 is 5.97 Å². The van der Waals surface area contributed by atoms with Gasteiger partial charge in [-0.3, -0.25) is 4.79 Å². The second kappa shape index (κ2) is 4.44. The van der Waals surface area contributed by atoms with Gasteiger partial charge in [0.25, 0.3) is 0 Å². The fourth-order valence-electron chi connectivity index (χ4n) is 2.59. The molecule has 3 heteroatoms. The molecule has 0 saturated heterocycles. The molecule has 1 aliphatic rings. The normalized spacial score (nSPS) is 30.3. The number of rotatable bonds is 5. The lowest BCUT2D eigenvalue weighted by Gasteiger charge is -2.22. The van der Waals surface area contributed by atoms with Gasteiger partial charge in [0.05, 0.1) is 5.41 Å². The monoisotopic (exact) mass is 276 g/mol. The van der Waals surface area contributed by atoms with Crippen LogP contribution in [-0.2, 0) is 4.79 Å². The number of alkyl halides is 1. The van der Waals surface area contributed by atoms with Crippen molar-refractivity contribution in [2.45, 2.75) is 46.5 Å². The number of hydrogen-bond donors (Lipinski definition) is 1. The van der Waals surface area contributed by atoms with Crippen LogP contribution in [0.4, 0.5) is 0 Å². The summed E-state index contributed by atoms with van der Waals surface area (Å²) >= 11 is 3.38. The minimum atomic E-state index is -0.586. The molecule has 0 radical (unpaired) electrons. The van der Waals surface area contributed by atoms with E-state index in [4.69, 9.17) is 0 Å². The molecule has 0 heterocycles. The molecular formula is C12H21BrO2. The van der Waals surface area contributed by atoms with Crippen molar-refractivity contribution in [2.75, 3.05) is 5.33 Å². The first-order chi connectivity index (χ1) is 6.84. The highest BCUT2D eigenvalue weighted by atomic mass is 79.9. The van der Waals surface area contributed by atoms with E-state index in [2.05, 4.69) is 36.7 Å². The molecule has 2 unspecified atom stereocenters. The molecular weight excluding hydrogens is 256 g/mol. The maximum Gasteiger partial charge on any atom is 0.309 e. The Balaban J connectivity index is 2.58. The maximum atomic E-state index is 11.3. The van der Waals surface area contributed by atoms with Gasteiger partial charge in [0, 0.05) is 5.33 Å². The van der Waals surface area contributed by atoms with E-state index in [1.165, 1.54) is 0 Å². The topological polar surface area (TPSA) is 37.3 Å². The Hall–Kier alpha value is -0.0500. The number of carboxylic acid groups (broad SMARTS) is 1. The van der Waals surface area contributed by atoms with Crippen LogP contribution in [0.5, 0.6) is 0 Å². The fourth-order valence-corrected chi connectivity index (χ4v) is 2.99. The lowest BCUT2D eigenvalue weighted by molar-refractivity contribution is -0.145. The summed E-state index contributed by atoms with van der Waals surface area (Å²) in [7, 11) is 0. The van der Waals surface area contributed by atoms with E-state index >= 15 is 0 Å². The largest absolute Gasteiger partial charge is 0.481 e. The van der Waals surface area contributed by atoms with Crippen LogP contribution in [0.1, 0.15) is 46.5 Å². The predicted molar refractivity (Wildman–Crippen MR) is 65.3 cm³/mol. The highest BCUT2D eigenvalue weighted by Crippen LogP contribution is 2.63. The molecule has 0 aliphatic heterocycles. The van der Waals surface area contributed by atoms with E-state index in [1.54, 1.807) is 0 Å². The Morgan fingerprint density at radius 1 is 1.47 bits per heavy atom. The molecule has 0 aromatic heterocycles. The molecule has 2 atom stereocenters. The smallest absolute Gasteiger partial charge is 0.309 e. The Bertz CT molecular complexity index is 244. The number of halogens is 1. The third-order valence-corrected chi connectivity index (χ3v) is 4.11. The molecule has 1 N–H and O–H groups in total. The summed E-state index contributed by atoms with van der Waals surface area (Å²) in [6, 6.07) is 0. The highest BCUT2D eigenvalue weighted by molar-refractivity contribution is 9.09. The van der Waals surface area contributed by atoms with E-state index in [-0.39, 0.29) is 5.41 Å². The van der Waals surface area contributed by atoms with Crippen LogP contribution in [0.3, 0.4) is 0 Å². The van der Waals surface area contributed by atoms with Crippen LogP contribution < -0.4 is 0 Å². The van der Waals surface area contributed by atoms with Crippen molar-refractivity contribution < 1.29 is 9.90 Å². The Kier molecular flexibility index (Phi) is 3.85. The van der Waals surface area contributed by atoms with Crippen LogP contribution in [0.15, 0.2) is 0 Å². The summed E-state index contributed by atoms with van der Waals surface area (Å²) in [5.74, 6) is -0.227. The summed E-state index contributed by atoms with van der Waals surface area (Å²) in [6.07, 6.45) is 3.81.